The average Bonchev–Trinajstić information content (AvgIpc) is 2.62. The van der Waals surface area contributed by atoms with Gasteiger partial charge in [0.1, 0.15) is 6.54 Å². The Balaban J connectivity index is 1.98. The van der Waals surface area contributed by atoms with E-state index >= 15 is 0 Å². The van der Waals surface area contributed by atoms with E-state index in [0.29, 0.717) is 27.6 Å². The highest BCUT2D eigenvalue weighted by Crippen LogP contribution is 2.31. The average molecular weight is 421 g/mol. The number of rotatable bonds is 4. The molecule has 0 aliphatic carbocycles. The van der Waals surface area contributed by atoms with Gasteiger partial charge < -0.3 is 0 Å². The molecule has 1 aliphatic heterocycles. The molecule has 0 fully saturated rings. The van der Waals surface area contributed by atoms with Crippen LogP contribution in [0.4, 0.5) is 0 Å². The third-order valence-corrected chi connectivity index (χ3v) is 5.12. The van der Waals surface area contributed by atoms with Crippen molar-refractivity contribution in [2.24, 2.45) is 18.0 Å². The second-order valence-corrected chi connectivity index (χ2v) is 7.63. The van der Waals surface area contributed by atoms with Gasteiger partial charge in [0.2, 0.25) is 0 Å². The Labute approximate surface area is 170 Å². The molecule has 2 aromatic rings. The van der Waals surface area contributed by atoms with Crippen LogP contribution in [0.3, 0.4) is 0 Å². The molecule has 146 valence electrons. The van der Waals surface area contributed by atoms with Gasteiger partial charge in [0.25, 0.3) is 5.56 Å². The number of halogens is 2. The van der Waals surface area contributed by atoms with Gasteiger partial charge in [0.05, 0.1) is 0 Å². The first-order chi connectivity index (χ1) is 13.2. The summed E-state index contributed by atoms with van der Waals surface area (Å²) in [6.07, 6.45) is 2.15. The van der Waals surface area contributed by atoms with E-state index in [4.69, 9.17) is 23.2 Å². The van der Waals surface area contributed by atoms with Crippen LogP contribution in [0.2, 0.25) is 10.0 Å². The summed E-state index contributed by atoms with van der Waals surface area (Å²) in [6, 6.07) is 3.15. The van der Waals surface area contributed by atoms with Gasteiger partial charge in [-0.15, -0.1) is 0 Å². The van der Waals surface area contributed by atoms with Gasteiger partial charge in [-0.25, -0.2) is 9.48 Å². The first-order valence-corrected chi connectivity index (χ1v) is 9.37. The van der Waals surface area contributed by atoms with E-state index in [9.17, 15) is 14.4 Å². The Kier molecular flexibility index (Phi) is 5.67. The highest BCUT2D eigenvalue weighted by molar-refractivity contribution is 6.37. The van der Waals surface area contributed by atoms with Gasteiger partial charge in [-0.05, 0) is 29.7 Å². The number of ketones is 1. The molecule has 3 rings (SSSR count). The number of dihydropyridines is 1. The lowest BCUT2D eigenvalue weighted by Crippen LogP contribution is -2.31. The van der Waals surface area contributed by atoms with Crippen LogP contribution in [0.1, 0.15) is 19.4 Å². The van der Waals surface area contributed by atoms with Crippen LogP contribution in [0, 0.1) is 5.92 Å². The Bertz CT molecular complexity index is 1120. The van der Waals surface area contributed by atoms with Crippen LogP contribution >= 0.6 is 23.2 Å². The van der Waals surface area contributed by atoms with Crippen molar-refractivity contribution in [2.45, 2.75) is 20.3 Å². The van der Waals surface area contributed by atoms with E-state index in [1.54, 1.807) is 18.2 Å². The number of hydrogen-bond acceptors (Lipinski definition) is 5. The van der Waals surface area contributed by atoms with Gasteiger partial charge >= 0.3 is 5.69 Å². The van der Waals surface area contributed by atoms with E-state index in [1.807, 2.05) is 13.8 Å². The number of nitrogens with zero attached hydrogens (tertiary/aromatic N) is 3. The van der Waals surface area contributed by atoms with E-state index in [2.05, 4.69) is 15.1 Å². The minimum absolute atomic E-state index is 0.0197. The van der Waals surface area contributed by atoms with Crippen LogP contribution in [0.15, 0.2) is 38.4 Å². The third-order valence-electron chi connectivity index (χ3n) is 4.44. The maximum atomic E-state index is 12.1. The Morgan fingerprint density at radius 3 is 2.43 bits per heavy atom. The Hall–Kier alpha value is -2.51. The van der Waals surface area contributed by atoms with Gasteiger partial charge in [0.15, 0.2) is 11.5 Å². The molecule has 0 saturated heterocycles. The number of allylic oxidation sites excluding steroid dienone is 1. The normalized spacial score (nSPS) is 14.3. The molecule has 0 spiro atoms. The lowest BCUT2D eigenvalue weighted by Gasteiger charge is -2.16. The minimum atomic E-state index is -0.623. The van der Waals surface area contributed by atoms with Crippen LogP contribution in [0.5, 0.6) is 0 Å². The smallest absolute Gasteiger partial charge is 0.292 e. The molecule has 0 saturated carbocycles. The van der Waals surface area contributed by atoms with Crippen molar-refractivity contribution >= 4 is 34.7 Å². The summed E-state index contributed by atoms with van der Waals surface area (Å²) in [6.45, 7) is 4.03. The molecule has 9 heteroatoms. The molecule has 1 aromatic heterocycles. The lowest BCUT2D eigenvalue weighted by atomic mass is 9.93. The third kappa shape index (κ3) is 4.00. The highest BCUT2D eigenvalue weighted by Gasteiger charge is 2.20. The van der Waals surface area contributed by atoms with Crippen molar-refractivity contribution in [3.63, 3.8) is 0 Å². The zero-order valence-electron chi connectivity index (χ0n) is 15.5. The predicted octanol–water partition coefficient (Wildman–Crippen LogP) is 2.59. The van der Waals surface area contributed by atoms with Crippen molar-refractivity contribution < 1.29 is 4.79 Å². The second-order valence-electron chi connectivity index (χ2n) is 6.81. The number of nitrogens with one attached hydrogen (secondary N) is 1. The molecule has 1 aliphatic rings. The largest absolute Gasteiger partial charge is 0.344 e. The monoisotopic (exact) mass is 420 g/mol. The number of aliphatic imine (C=N–C) groups is 1. The van der Waals surface area contributed by atoms with E-state index in [1.165, 1.54) is 7.05 Å². The summed E-state index contributed by atoms with van der Waals surface area (Å²) < 4.78 is 1.03. The minimum Gasteiger partial charge on any atom is -0.292 e. The molecular formula is C19H18Cl2N4O3. The quantitative estimate of drug-likeness (QED) is 0.821. The second kappa shape index (κ2) is 7.85. The number of aryl methyl sites for hydroxylation is 1. The molecule has 0 bridgehead atoms. The maximum Gasteiger partial charge on any atom is 0.344 e. The Morgan fingerprint density at radius 1 is 1.18 bits per heavy atom. The zero-order chi connectivity index (χ0) is 20.6. The number of aromatic amines is 1. The number of benzene rings is 1. The summed E-state index contributed by atoms with van der Waals surface area (Å²) in [5.41, 5.74) is 1.30. The topological polar surface area (TPSA) is 97.2 Å². The SMILES string of the molecule is CC(C)C1=CC(Cc2c(Cl)cc(-c3nn(C)c(=O)[nH]c3=O)cc2Cl)=NCC1=O. The first kappa shape index (κ1) is 20.2. The molecule has 28 heavy (non-hydrogen) atoms. The van der Waals surface area contributed by atoms with Gasteiger partial charge in [0, 0.05) is 40.4 Å². The van der Waals surface area contributed by atoms with E-state index < -0.39 is 11.2 Å². The molecular weight excluding hydrogens is 403 g/mol. The van der Waals surface area contributed by atoms with E-state index in [-0.39, 0.29) is 23.9 Å². The number of hydrogen-bond donors (Lipinski definition) is 1. The van der Waals surface area contributed by atoms with Crippen molar-refractivity contribution in [2.75, 3.05) is 6.54 Å². The number of aromatic nitrogens is 3. The fourth-order valence-corrected chi connectivity index (χ4v) is 3.54. The van der Waals surface area contributed by atoms with Crippen molar-refractivity contribution in [1.29, 1.82) is 0 Å². The van der Waals surface area contributed by atoms with Crippen LogP contribution in [0.25, 0.3) is 11.3 Å². The van der Waals surface area contributed by atoms with Gasteiger partial charge in [-0.3, -0.25) is 19.6 Å². The first-order valence-electron chi connectivity index (χ1n) is 8.61. The van der Waals surface area contributed by atoms with Gasteiger partial charge in [-0.1, -0.05) is 37.0 Å². The summed E-state index contributed by atoms with van der Waals surface area (Å²) in [5, 5.41) is 4.67. The van der Waals surface area contributed by atoms with Crippen LogP contribution in [-0.2, 0) is 18.3 Å². The summed E-state index contributed by atoms with van der Waals surface area (Å²) in [7, 11) is 1.43. The molecule has 1 aromatic carbocycles. The zero-order valence-corrected chi connectivity index (χ0v) is 17.1. The molecule has 7 nitrogen and oxygen atoms in total. The lowest BCUT2D eigenvalue weighted by molar-refractivity contribution is -0.114. The fraction of sp³-hybridized carbons (Fsp3) is 0.316. The van der Waals surface area contributed by atoms with Crippen molar-refractivity contribution in [3.8, 4) is 11.3 Å². The predicted molar refractivity (Wildman–Crippen MR) is 109 cm³/mol. The number of carbonyl (C=O) groups is 1. The summed E-state index contributed by atoms with van der Waals surface area (Å²) >= 11 is 12.8. The van der Waals surface area contributed by atoms with Crippen LogP contribution < -0.4 is 11.2 Å². The maximum absolute atomic E-state index is 12.1. The van der Waals surface area contributed by atoms with E-state index in [0.717, 1.165) is 16.0 Å². The summed E-state index contributed by atoms with van der Waals surface area (Å²) in [5.74, 6) is 0.125. The van der Waals surface area contributed by atoms with Crippen LogP contribution in [-0.4, -0.2) is 32.8 Å². The Morgan fingerprint density at radius 2 is 1.82 bits per heavy atom. The molecule has 0 amide bonds. The molecule has 0 unspecified atom stereocenters. The standard InChI is InChI=1S/C19H18Cl2N4O3/c1-9(2)12-6-11(22-8-16(12)26)7-13-14(20)4-10(5-15(13)21)17-18(27)23-19(28)25(3)24-17/h4-6,9H,7-8H2,1-3H3,(H,23,27,28). The highest BCUT2D eigenvalue weighted by atomic mass is 35.5. The number of H-pyrrole nitrogens is 1. The molecule has 1 N–H and O–H groups in total. The molecule has 0 radical (unpaired) electrons. The number of Topliss-reactive ketones (excluding diaryl/α,β-unsaturated/α-hetero) is 1. The van der Waals surface area contributed by atoms with Gasteiger partial charge in [-0.2, -0.15) is 5.10 Å². The molecule has 0 atom stereocenters. The summed E-state index contributed by atoms with van der Waals surface area (Å²) in [4.78, 5) is 42.0. The fourth-order valence-electron chi connectivity index (χ4n) is 2.92. The van der Waals surface area contributed by atoms with Crippen molar-refractivity contribution in [3.05, 3.63) is 60.2 Å². The number of carbonyl (C=O) groups excluding carboxylic acids is 1. The molecule has 2 heterocycles. The van der Waals surface area contributed by atoms with Crippen molar-refractivity contribution in [1.82, 2.24) is 14.8 Å².